The number of carbonyl (C=O) groups excluding carboxylic acids is 2. The monoisotopic (exact) mass is 458 g/mol. The zero-order valence-electron chi connectivity index (χ0n) is 18.7. The third-order valence-corrected chi connectivity index (χ3v) is 5.35. The molecule has 0 radical (unpaired) electrons. The Morgan fingerprint density at radius 2 is 1.82 bits per heavy atom. The Bertz CT molecular complexity index is 1400. The first-order valence-corrected chi connectivity index (χ1v) is 10.7. The zero-order chi connectivity index (χ0) is 24.2. The van der Waals surface area contributed by atoms with Crippen LogP contribution in [-0.2, 0) is 4.79 Å². The molecule has 34 heavy (non-hydrogen) atoms. The number of allylic oxidation sites excluding steroid dienone is 1. The van der Waals surface area contributed by atoms with E-state index in [-0.39, 0.29) is 11.4 Å². The summed E-state index contributed by atoms with van der Waals surface area (Å²) in [5.41, 5.74) is 9.51. The van der Waals surface area contributed by atoms with E-state index < -0.39 is 11.8 Å². The summed E-state index contributed by atoms with van der Waals surface area (Å²) < 4.78 is 24.9. The highest BCUT2D eigenvalue weighted by Crippen LogP contribution is 2.37. The Hall–Kier alpha value is -4.39. The maximum absolute atomic E-state index is 13.4. The molecule has 3 aromatic carbocycles. The minimum absolute atomic E-state index is 0.223. The molecular formula is C27H23FN2O4. The van der Waals surface area contributed by atoms with Gasteiger partial charge in [0.2, 0.25) is 5.91 Å². The summed E-state index contributed by atoms with van der Waals surface area (Å²) in [6, 6.07) is 16.3. The maximum atomic E-state index is 13.4. The summed E-state index contributed by atoms with van der Waals surface area (Å²) in [6.45, 7) is 4.09. The number of benzene rings is 3. The summed E-state index contributed by atoms with van der Waals surface area (Å²) in [5.74, 6) is -0.804. The lowest BCUT2D eigenvalue weighted by atomic mass is 9.99. The SMILES string of the molecule is CCOc1cc2occ(-c3ccc(F)cc3)c2cc1/C(C)=C/C(=O)Nc1ccccc1C(N)=O. The van der Waals surface area contributed by atoms with Crippen LogP contribution in [-0.4, -0.2) is 18.4 Å². The molecule has 1 heterocycles. The Labute approximate surface area is 195 Å². The molecule has 4 rings (SSSR count). The minimum Gasteiger partial charge on any atom is -0.493 e. The first-order valence-electron chi connectivity index (χ1n) is 10.7. The van der Waals surface area contributed by atoms with Gasteiger partial charge in [-0.3, -0.25) is 9.59 Å². The van der Waals surface area contributed by atoms with Gasteiger partial charge in [-0.25, -0.2) is 4.39 Å². The standard InChI is InChI=1S/C27H23FN2O4/c1-3-33-24-14-25-21(22(15-34-25)17-8-10-18(28)11-9-17)13-20(24)16(2)12-26(31)30-23-7-5-4-6-19(23)27(29)32/h4-15H,3H2,1-2H3,(H2,29,32)(H,30,31)/b16-12+. The van der Waals surface area contributed by atoms with Crippen LogP contribution in [0.15, 0.2) is 77.4 Å². The van der Waals surface area contributed by atoms with Gasteiger partial charge in [0, 0.05) is 28.7 Å². The molecule has 4 aromatic rings. The first kappa shape index (κ1) is 22.8. The van der Waals surface area contributed by atoms with E-state index >= 15 is 0 Å². The van der Waals surface area contributed by atoms with E-state index in [4.69, 9.17) is 14.9 Å². The lowest BCUT2D eigenvalue weighted by molar-refractivity contribution is -0.111. The summed E-state index contributed by atoms with van der Waals surface area (Å²) in [6.07, 6.45) is 3.04. The van der Waals surface area contributed by atoms with Gasteiger partial charge in [0.25, 0.3) is 5.91 Å². The third-order valence-electron chi connectivity index (χ3n) is 5.35. The van der Waals surface area contributed by atoms with Crippen molar-refractivity contribution >= 4 is 34.0 Å². The van der Waals surface area contributed by atoms with Crippen LogP contribution >= 0.6 is 0 Å². The number of fused-ring (bicyclic) bond motifs is 1. The van der Waals surface area contributed by atoms with E-state index in [1.165, 1.54) is 18.2 Å². The van der Waals surface area contributed by atoms with Crippen molar-refractivity contribution in [3.05, 3.63) is 89.9 Å². The molecule has 0 unspecified atom stereocenters. The number of amides is 2. The van der Waals surface area contributed by atoms with Crippen LogP contribution < -0.4 is 15.8 Å². The molecule has 0 aliphatic heterocycles. The van der Waals surface area contributed by atoms with Crippen molar-refractivity contribution in [3.8, 4) is 16.9 Å². The van der Waals surface area contributed by atoms with Gasteiger partial charge in [0.05, 0.1) is 24.1 Å². The topological polar surface area (TPSA) is 94.6 Å². The maximum Gasteiger partial charge on any atom is 0.250 e. The van der Waals surface area contributed by atoms with E-state index in [1.807, 2.05) is 13.0 Å². The lowest BCUT2D eigenvalue weighted by Gasteiger charge is -2.12. The summed E-state index contributed by atoms with van der Waals surface area (Å²) in [7, 11) is 0. The van der Waals surface area contributed by atoms with Crippen molar-refractivity contribution in [2.75, 3.05) is 11.9 Å². The van der Waals surface area contributed by atoms with Crippen LogP contribution in [0.3, 0.4) is 0 Å². The quantitative estimate of drug-likeness (QED) is 0.343. The van der Waals surface area contributed by atoms with Crippen LogP contribution in [0.4, 0.5) is 10.1 Å². The van der Waals surface area contributed by atoms with E-state index in [2.05, 4.69) is 5.32 Å². The van der Waals surface area contributed by atoms with Crippen LogP contribution in [0.25, 0.3) is 27.7 Å². The molecule has 1 aromatic heterocycles. The van der Waals surface area contributed by atoms with Crippen LogP contribution in [0, 0.1) is 5.82 Å². The molecule has 0 aliphatic carbocycles. The number of hydrogen-bond acceptors (Lipinski definition) is 4. The van der Waals surface area contributed by atoms with Crippen molar-refractivity contribution in [1.29, 1.82) is 0 Å². The highest BCUT2D eigenvalue weighted by Gasteiger charge is 2.16. The normalized spacial score (nSPS) is 11.4. The number of anilines is 1. The number of carbonyl (C=O) groups is 2. The average molecular weight is 458 g/mol. The van der Waals surface area contributed by atoms with E-state index in [1.54, 1.807) is 55.7 Å². The van der Waals surface area contributed by atoms with Gasteiger partial charge in [0.15, 0.2) is 0 Å². The number of para-hydroxylation sites is 1. The van der Waals surface area contributed by atoms with Crippen molar-refractivity contribution in [1.82, 2.24) is 0 Å². The second-order valence-electron chi connectivity index (χ2n) is 7.66. The van der Waals surface area contributed by atoms with Crippen molar-refractivity contribution in [2.45, 2.75) is 13.8 Å². The van der Waals surface area contributed by atoms with Crippen LogP contribution in [0.1, 0.15) is 29.8 Å². The largest absolute Gasteiger partial charge is 0.493 e. The fraction of sp³-hybridized carbons (Fsp3) is 0.111. The number of ether oxygens (including phenoxy) is 1. The van der Waals surface area contributed by atoms with Crippen molar-refractivity contribution in [3.63, 3.8) is 0 Å². The Kier molecular flexibility index (Phi) is 6.45. The molecule has 3 N–H and O–H groups in total. The molecule has 0 saturated carbocycles. The predicted octanol–water partition coefficient (Wildman–Crippen LogP) is 5.78. The molecule has 7 heteroatoms. The van der Waals surface area contributed by atoms with Gasteiger partial charge >= 0.3 is 0 Å². The number of rotatable bonds is 7. The zero-order valence-corrected chi connectivity index (χ0v) is 18.7. The van der Waals surface area contributed by atoms with Crippen LogP contribution in [0.2, 0.25) is 0 Å². The van der Waals surface area contributed by atoms with Gasteiger partial charge in [-0.1, -0.05) is 24.3 Å². The van der Waals surface area contributed by atoms with Crippen LogP contribution in [0.5, 0.6) is 5.75 Å². The van der Waals surface area contributed by atoms with E-state index in [0.717, 1.165) is 16.5 Å². The van der Waals surface area contributed by atoms with E-state index in [9.17, 15) is 14.0 Å². The molecule has 2 amide bonds. The lowest BCUT2D eigenvalue weighted by Crippen LogP contribution is -2.17. The fourth-order valence-corrected chi connectivity index (χ4v) is 3.74. The molecule has 0 aliphatic rings. The second kappa shape index (κ2) is 9.62. The Morgan fingerprint density at radius 1 is 1.09 bits per heavy atom. The van der Waals surface area contributed by atoms with Crippen molar-refractivity contribution in [2.24, 2.45) is 5.73 Å². The fourth-order valence-electron chi connectivity index (χ4n) is 3.74. The van der Waals surface area contributed by atoms with Gasteiger partial charge < -0.3 is 20.2 Å². The molecule has 0 fully saturated rings. The number of halogens is 1. The molecule has 0 atom stereocenters. The van der Waals surface area contributed by atoms with Crippen molar-refractivity contribution < 1.29 is 23.1 Å². The number of nitrogens with two attached hydrogens (primary N) is 1. The molecule has 0 saturated heterocycles. The summed E-state index contributed by atoms with van der Waals surface area (Å²) in [4.78, 5) is 24.4. The van der Waals surface area contributed by atoms with Gasteiger partial charge in [-0.15, -0.1) is 0 Å². The Morgan fingerprint density at radius 3 is 2.53 bits per heavy atom. The molecule has 0 bridgehead atoms. The summed E-state index contributed by atoms with van der Waals surface area (Å²) in [5, 5.41) is 3.51. The number of furan rings is 1. The highest BCUT2D eigenvalue weighted by molar-refractivity contribution is 6.09. The number of nitrogens with one attached hydrogen (secondary N) is 1. The minimum atomic E-state index is -0.631. The van der Waals surface area contributed by atoms with Gasteiger partial charge in [0.1, 0.15) is 17.1 Å². The molecule has 6 nitrogen and oxygen atoms in total. The molecule has 172 valence electrons. The third kappa shape index (κ3) is 4.68. The summed E-state index contributed by atoms with van der Waals surface area (Å²) >= 11 is 0. The van der Waals surface area contributed by atoms with Gasteiger partial charge in [-0.05, 0) is 55.3 Å². The molecular weight excluding hydrogens is 435 g/mol. The number of primary amides is 1. The Balaban J connectivity index is 1.72. The smallest absolute Gasteiger partial charge is 0.250 e. The first-order chi connectivity index (χ1) is 16.4. The average Bonchev–Trinajstić information content (AvgIpc) is 3.22. The number of hydrogen-bond donors (Lipinski definition) is 2. The predicted molar refractivity (Wildman–Crippen MR) is 130 cm³/mol. The highest BCUT2D eigenvalue weighted by atomic mass is 19.1. The second-order valence-corrected chi connectivity index (χ2v) is 7.66. The van der Waals surface area contributed by atoms with Gasteiger partial charge in [-0.2, -0.15) is 0 Å². The molecule has 0 spiro atoms. The van der Waals surface area contributed by atoms with E-state index in [0.29, 0.717) is 34.8 Å².